The molecule has 2 rings (SSSR count). The predicted molar refractivity (Wildman–Crippen MR) is 115 cm³/mol. The summed E-state index contributed by atoms with van der Waals surface area (Å²) in [4.78, 5) is 62.2. The molecule has 186 valence electrons. The van der Waals surface area contributed by atoms with Gasteiger partial charge in [-0.1, -0.05) is 0 Å². The first kappa shape index (κ1) is 26.1. The zero-order valence-corrected chi connectivity index (χ0v) is 18.2. The highest BCUT2D eigenvalue weighted by Gasteiger charge is 2.23. The SMILES string of the molecule is O=C(CN1CCN(C(=O)O)CCN(C(=O)O)CCN(C(=O)O)CC1)Nc1ccc([N+](=O)O)cc1. The van der Waals surface area contributed by atoms with Crippen LogP contribution in [0.1, 0.15) is 0 Å². The lowest BCUT2D eigenvalue weighted by Gasteiger charge is -2.31. The molecule has 5 N–H and O–H groups in total. The standard InChI is InChI=1S/C19H26N6O9/c26-16(20-14-1-3-15(4-2-14)25(33)34)13-21-5-7-22(17(27)28)9-11-24(19(31)32)12-10-23(8-6-21)18(29)30/h1-4H,5-13H2,(H4-,20,26,27,28,29,30,31,32,33,34)/p+1. The Morgan fingerprint density at radius 2 is 1.12 bits per heavy atom. The maximum atomic E-state index is 12.5. The third-order valence-electron chi connectivity index (χ3n) is 5.20. The van der Waals surface area contributed by atoms with Gasteiger partial charge < -0.3 is 35.3 Å². The Bertz CT molecular complexity index is 880. The summed E-state index contributed by atoms with van der Waals surface area (Å²) < 4.78 is 0. The molecule has 1 aliphatic heterocycles. The molecular weight excluding hydrogens is 456 g/mol. The molecule has 15 nitrogen and oxygen atoms in total. The molecule has 1 heterocycles. The molecule has 1 saturated heterocycles. The molecule has 0 radical (unpaired) electrons. The number of nitrogens with one attached hydrogen (secondary N) is 1. The third-order valence-corrected chi connectivity index (χ3v) is 5.20. The van der Waals surface area contributed by atoms with Crippen LogP contribution in [0, 0.1) is 4.91 Å². The zero-order valence-electron chi connectivity index (χ0n) is 18.2. The van der Waals surface area contributed by atoms with Crippen molar-refractivity contribution in [3.05, 3.63) is 29.2 Å². The molecule has 0 saturated carbocycles. The van der Waals surface area contributed by atoms with E-state index in [1.807, 2.05) is 0 Å². The molecule has 1 fully saturated rings. The number of carboxylic acid groups (broad SMARTS) is 3. The molecule has 34 heavy (non-hydrogen) atoms. The van der Waals surface area contributed by atoms with Gasteiger partial charge in [0.05, 0.1) is 11.5 Å². The Balaban J connectivity index is 2.09. The summed E-state index contributed by atoms with van der Waals surface area (Å²) in [5, 5.41) is 39.7. The molecule has 0 spiro atoms. The molecule has 15 heteroatoms. The second-order valence-electron chi connectivity index (χ2n) is 7.45. The molecule has 0 bridgehead atoms. The van der Waals surface area contributed by atoms with E-state index in [0.29, 0.717) is 5.69 Å². The number of hydrogen-bond donors (Lipinski definition) is 5. The second-order valence-corrected chi connectivity index (χ2v) is 7.45. The van der Waals surface area contributed by atoms with Crippen LogP contribution in [-0.2, 0) is 4.79 Å². The first-order valence-corrected chi connectivity index (χ1v) is 10.3. The molecule has 0 atom stereocenters. The Morgan fingerprint density at radius 3 is 1.47 bits per heavy atom. The highest BCUT2D eigenvalue weighted by molar-refractivity contribution is 5.92. The van der Waals surface area contributed by atoms with E-state index < -0.39 is 24.2 Å². The number of hydrogen-bond acceptors (Lipinski definition) is 6. The topological polar surface area (TPSA) is 194 Å². The van der Waals surface area contributed by atoms with Gasteiger partial charge in [-0.15, -0.1) is 0 Å². The average Bonchev–Trinajstić information content (AvgIpc) is 2.75. The van der Waals surface area contributed by atoms with Crippen molar-refractivity contribution in [1.29, 1.82) is 0 Å². The molecule has 0 aliphatic carbocycles. The minimum Gasteiger partial charge on any atom is -0.465 e. The Labute approximate surface area is 193 Å². The van der Waals surface area contributed by atoms with Crippen molar-refractivity contribution in [2.24, 2.45) is 0 Å². The van der Waals surface area contributed by atoms with Crippen LogP contribution in [0.5, 0.6) is 0 Å². The third kappa shape index (κ3) is 8.09. The van der Waals surface area contributed by atoms with Gasteiger partial charge in [-0.2, -0.15) is 0 Å². The summed E-state index contributed by atoms with van der Waals surface area (Å²) in [6.07, 6.45) is -3.76. The predicted octanol–water partition coefficient (Wildman–Crippen LogP) is 0.680. The number of carbonyl (C=O) groups is 4. The summed E-state index contributed by atoms with van der Waals surface area (Å²) in [6, 6.07) is 5.43. The van der Waals surface area contributed by atoms with E-state index in [2.05, 4.69) is 5.32 Å². The van der Waals surface area contributed by atoms with E-state index in [1.165, 1.54) is 24.3 Å². The highest BCUT2D eigenvalue weighted by Crippen LogP contribution is 2.15. The molecule has 1 aliphatic rings. The molecule has 0 unspecified atom stereocenters. The van der Waals surface area contributed by atoms with E-state index in [-0.39, 0.29) is 69.5 Å². The number of nitrogens with zero attached hydrogens (tertiary/aromatic N) is 5. The van der Waals surface area contributed by atoms with Crippen molar-refractivity contribution >= 4 is 35.6 Å². The second kappa shape index (κ2) is 12.2. The van der Waals surface area contributed by atoms with E-state index in [1.54, 1.807) is 4.90 Å². The summed E-state index contributed by atoms with van der Waals surface area (Å²) in [5.74, 6) is -0.455. The van der Waals surface area contributed by atoms with E-state index in [4.69, 9.17) is 5.21 Å². The van der Waals surface area contributed by atoms with E-state index in [0.717, 1.165) is 14.7 Å². The monoisotopic (exact) mass is 483 g/mol. The van der Waals surface area contributed by atoms with Crippen LogP contribution in [0.2, 0.25) is 0 Å². The number of benzene rings is 1. The average molecular weight is 483 g/mol. The largest absolute Gasteiger partial charge is 0.465 e. The van der Waals surface area contributed by atoms with E-state index >= 15 is 0 Å². The first-order valence-electron chi connectivity index (χ1n) is 10.3. The fraction of sp³-hybridized carbons (Fsp3) is 0.474. The molecule has 0 aromatic heterocycles. The van der Waals surface area contributed by atoms with Gasteiger partial charge in [-0.05, 0) is 12.1 Å². The lowest BCUT2D eigenvalue weighted by atomic mass is 10.3. The van der Waals surface area contributed by atoms with E-state index in [9.17, 15) is 39.4 Å². The smallest absolute Gasteiger partial charge is 0.407 e. The van der Waals surface area contributed by atoms with Crippen LogP contribution in [-0.4, -0.2) is 128 Å². The van der Waals surface area contributed by atoms with Crippen LogP contribution >= 0.6 is 0 Å². The highest BCUT2D eigenvalue weighted by atomic mass is 16.6. The number of carbonyl (C=O) groups excluding carboxylic acids is 1. The van der Waals surface area contributed by atoms with Crippen LogP contribution in [0.3, 0.4) is 0 Å². The molecular formula is C19H27N6O9+. The normalized spacial score (nSPS) is 16.2. The van der Waals surface area contributed by atoms with Crippen molar-refractivity contribution in [3.63, 3.8) is 0 Å². The van der Waals surface area contributed by atoms with Gasteiger partial charge >= 0.3 is 24.0 Å². The van der Waals surface area contributed by atoms with Crippen LogP contribution in [0.25, 0.3) is 0 Å². The first-order chi connectivity index (χ1) is 16.1. The van der Waals surface area contributed by atoms with Crippen LogP contribution in [0.4, 0.5) is 25.8 Å². The number of anilines is 1. The number of amides is 4. The molecule has 1 aromatic carbocycles. The quantitative estimate of drug-likeness (QED) is 0.380. The zero-order chi connectivity index (χ0) is 25.3. The fourth-order valence-electron chi connectivity index (χ4n) is 3.26. The lowest BCUT2D eigenvalue weighted by Crippen LogP contribution is -2.49. The maximum Gasteiger partial charge on any atom is 0.407 e. The Kier molecular flexibility index (Phi) is 9.37. The van der Waals surface area contributed by atoms with Crippen molar-refractivity contribution in [2.45, 2.75) is 0 Å². The van der Waals surface area contributed by atoms with Crippen molar-refractivity contribution in [1.82, 2.24) is 19.6 Å². The summed E-state index contributed by atoms with van der Waals surface area (Å²) in [6.45, 7) is -0.464. The summed E-state index contributed by atoms with van der Waals surface area (Å²) in [5.41, 5.74) is 0.336. The lowest BCUT2D eigenvalue weighted by molar-refractivity contribution is -0.729. The maximum absolute atomic E-state index is 12.5. The Morgan fingerprint density at radius 1 is 0.735 bits per heavy atom. The minimum absolute atomic E-state index is 0.0202. The van der Waals surface area contributed by atoms with Crippen molar-refractivity contribution in [2.75, 3.05) is 64.2 Å². The molecule has 1 aromatic rings. The van der Waals surface area contributed by atoms with Gasteiger partial charge in [0.1, 0.15) is 0 Å². The Hall–Kier alpha value is -4.14. The molecule has 4 amide bonds. The van der Waals surface area contributed by atoms with Gasteiger partial charge in [-0.3, -0.25) is 9.69 Å². The van der Waals surface area contributed by atoms with Gasteiger partial charge in [-0.25, -0.2) is 19.6 Å². The minimum atomic E-state index is -1.28. The van der Waals surface area contributed by atoms with Crippen molar-refractivity contribution < 1.29 is 44.6 Å². The van der Waals surface area contributed by atoms with Gasteiger partial charge in [0, 0.05) is 70.2 Å². The summed E-state index contributed by atoms with van der Waals surface area (Å²) >= 11 is 0. The van der Waals surface area contributed by atoms with Gasteiger partial charge in [0.15, 0.2) is 0 Å². The van der Waals surface area contributed by atoms with Crippen molar-refractivity contribution in [3.8, 4) is 0 Å². The summed E-state index contributed by atoms with van der Waals surface area (Å²) in [7, 11) is 0. The van der Waals surface area contributed by atoms with Crippen LogP contribution in [0.15, 0.2) is 24.3 Å². The van der Waals surface area contributed by atoms with Crippen LogP contribution < -0.4 is 5.32 Å². The fourth-order valence-corrected chi connectivity index (χ4v) is 3.26. The van der Waals surface area contributed by atoms with Gasteiger partial charge in [0.2, 0.25) is 5.91 Å². The van der Waals surface area contributed by atoms with Gasteiger partial charge in [0.25, 0.3) is 4.92 Å². The number of rotatable bonds is 4.